The van der Waals surface area contributed by atoms with E-state index < -0.39 is 0 Å². The molecule has 92 valence electrons. The Morgan fingerprint density at radius 3 is 2.76 bits per heavy atom. The summed E-state index contributed by atoms with van der Waals surface area (Å²) in [7, 11) is 0. The normalized spacial score (nSPS) is 12.3. The van der Waals surface area contributed by atoms with E-state index in [1.165, 1.54) is 0 Å². The van der Waals surface area contributed by atoms with Crippen LogP contribution in [0, 0.1) is 12.3 Å². The number of aliphatic hydroxyl groups excluding tert-OH is 1. The standard InChI is InChI=1S/C13H17BrN2O/c1-9-15-11-5-4-10(14)6-12(11)16(9)7-13(2,3)8-17/h4-6,17H,7-8H2,1-3H3. The summed E-state index contributed by atoms with van der Waals surface area (Å²) < 4.78 is 3.21. The van der Waals surface area contributed by atoms with Crippen LogP contribution in [0.1, 0.15) is 19.7 Å². The van der Waals surface area contributed by atoms with Gasteiger partial charge in [0.05, 0.1) is 11.0 Å². The van der Waals surface area contributed by atoms with Gasteiger partial charge >= 0.3 is 0 Å². The highest BCUT2D eigenvalue weighted by atomic mass is 79.9. The summed E-state index contributed by atoms with van der Waals surface area (Å²) >= 11 is 3.48. The van der Waals surface area contributed by atoms with Crippen molar-refractivity contribution in [2.24, 2.45) is 5.41 Å². The Hall–Kier alpha value is -0.870. The average Bonchev–Trinajstić information content (AvgIpc) is 2.56. The smallest absolute Gasteiger partial charge is 0.106 e. The number of nitrogens with zero attached hydrogens (tertiary/aromatic N) is 2. The number of rotatable bonds is 3. The van der Waals surface area contributed by atoms with Crippen molar-refractivity contribution >= 4 is 27.0 Å². The third-order valence-electron chi connectivity index (χ3n) is 2.92. The van der Waals surface area contributed by atoms with Crippen molar-refractivity contribution in [2.45, 2.75) is 27.3 Å². The minimum absolute atomic E-state index is 0.138. The van der Waals surface area contributed by atoms with Crippen LogP contribution in [0.2, 0.25) is 0 Å². The van der Waals surface area contributed by atoms with E-state index in [-0.39, 0.29) is 12.0 Å². The fraction of sp³-hybridized carbons (Fsp3) is 0.462. The van der Waals surface area contributed by atoms with Crippen LogP contribution in [0.15, 0.2) is 22.7 Å². The van der Waals surface area contributed by atoms with E-state index in [9.17, 15) is 5.11 Å². The Balaban J connectivity index is 2.52. The van der Waals surface area contributed by atoms with Crippen LogP contribution in [-0.2, 0) is 6.54 Å². The Morgan fingerprint density at radius 1 is 1.41 bits per heavy atom. The Labute approximate surface area is 110 Å². The quantitative estimate of drug-likeness (QED) is 0.945. The highest BCUT2D eigenvalue weighted by Crippen LogP contribution is 2.25. The first-order valence-corrected chi connectivity index (χ1v) is 6.45. The van der Waals surface area contributed by atoms with Gasteiger partial charge in [0.15, 0.2) is 0 Å². The van der Waals surface area contributed by atoms with Gasteiger partial charge < -0.3 is 9.67 Å². The van der Waals surface area contributed by atoms with Crippen molar-refractivity contribution in [1.29, 1.82) is 0 Å². The third kappa shape index (κ3) is 2.53. The predicted molar refractivity (Wildman–Crippen MR) is 73.0 cm³/mol. The molecule has 1 aromatic carbocycles. The lowest BCUT2D eigenvalue weighted by Crippen LogP contribution is -2.24. The first kappa shape index (κ1) is 12.6. The second-order valence-corrected chi connectivity index (χ2v) is 6.12. The molecule has 2 rings (SSSR count). The molecule has 4 heteroatoms. The first-order valence-electron chi connectivity index (χ1n) is 5.66. The number of halogens is 1. The summed E-state index contributed by atoms with van der Waals surface area (Å²) in [6.07, 6.45) is 0. The van der Waals surface area contributed by atoms with Gasteiger partial charge in [-0.3, -0.25) is 0 Å². The molecule has 0 aliphatic rings. The monoisotopic (exact) mass is 296 g/mol. The van der Waals surface area contributed by atoms with Crippen LogP contribution in [0.3, 0.4) is 0 Å². The maximum Gasteiger partial charge on any atom is 0.106 e. The molecule has 0 fully saturated rings. The van der Waals surface area contributed by atoms with Gasteiger partial charge in [0.25, 0.3) is 0 Å². The molecule has 0 unspecified atom stereocenters. The zero-order valence-corrected chi connectivity index (χ0v) is 12.0. The van der Waals surface area contributed by atoms with Crippen molar-refractivity contribution in [1.82, 2.24) is 9.55 Å². The lowest BCUT2D eigenvalue weighted by Gasteiger charge is -2.23. The Kier molecular flexibility index (Phi) is 3.27. The van der Waals surface area contributed by atoms with E-state index in [1.54, 1.807) is 0 Å². The number of aromatic nitrogens is 2. The molecule has 3 nitrogen and oxygen atoms in total. The van der Waals surface area contributed by atoms with Crippen molar-refractivity contribution < 1.29 is 5.11 Å². The molecule has 0 saturated heterocycles. The largest absolute Gasteiger partial charge is 0.396 e. The van der Waals surface area contributed by atoms with E-state index >= 15 is 0 Å². The van der Waals surface area contributed by atoms with Crippen LogP contribution < -0.4 is 0 Å². The van der Waals surface area contributed by atoms with E-state index in [0.717, 1.165) is 27.9 Å². The molecule has 2 aromatic rings. The lowest BCUT2D eigenvalue weighted by atomic mass is 9.95. The van der Waals surface area contributed by atoms with Crippen LogP contribution in [-0.4, -0.2) is 21.3 Å². The number of hydrogen-bond donors (Lipinski definition) is 1. The molecule has 0 aliphatic heterocycles. The molecule has 0 spiro atoms. The summed E-state index contributed by atoms with van der Waals surface area (Å²) in [5.41, 5.74) is 1.97. The number of imidazole rings is 1. The summed E-state index contributed by atoms with van der Waals surface area (Å²) in [5.74, 6) is 0.986. The number of aryl methyl sites for hydroxylation is 1. The van der Waals surface area contributed by atoms with Gasteiger partial charge in [0.1, 0.15) is 5.82 Å². The molecule has 1 N–H and O–H groups in total. The maximum atomic E-state index is 9.37. The molecular formula is C13H17BrN2O. The topological polar surface area (TPSA) is 38.0 Å². The Morgan fingerprint density at radius 2 is 2.12 bits per heavy atom. The highest BCUT2D eigenvalue weighted by molar-refractivity contribution is 9.10. The fourth-order valence-corrected chi connectivity index (χ4v) is 2.24. The number of fused-ring (bicyclic) bond motifs is 1. The van der Waals surface area contributed by atoms with Crippen molar-refractivity contribution in [2.75, 3.05) is 6.61 Å². The van der Waals surface area contributed by atoms with Crippen LogP contribution in [0.4, 0.5) is 0 Å². The zero-order valence-electron chi connectivity index (χ0n) is 10.4. The molecule has 0 radical (unpaired) electrons. The number of aliphatic hydroxyl groups is 1. The van der Waals surface area contributed by atoms with Crippen LogP contribution in [0.5, 0.6) is 0 Å². The molecule has 0 bridgehead atoms. The minimum Gasteiger partial charge on any atom is -0.396 e. The minimum atomic E-state index is -0.138. The maximum absolute atomic E-state index is 9.37. The summed E-state index contributed by atoms with van der Waals surface area (Å²) in [4.78, 5) is 4.53. The third-order valence-corrected chi connectivity index (χ3v) is 3.41. The second-order valence-electron chi connectivity index (χ2n) is 5.20. The summed E-state index contributed by atoms with van der Waals surface area (Å²) in [5, 5.41) is 9.37. The predicted octanol–water partition coefficient (Wildman–Crippen LogP) is 3.13. The van der Waals surface area contributed by atoms with Gasteiger partial charge in [-0.05, 0) is 25.1 Å². The molecule has 0 amide bonds. The van der Waals surface area contributed by atoms with Crippen molar-refractivity contribution in [3.8, 4) is 0 Å². The van der Waals surface area contributed by atoms with Crippen molar-refractivity contribution in [3.63, 3.8) is 0 Å². The van der Waals surface area contributed by atoms with Gasteiger partial charge in [-0.1, -0.05) is 29.8 Å². The summed E-state index contributed by atoms with van der Waals surface area (Å²) in [6.45, 7) is 7.04. The van der Waals surface area contributed by atoms with E-state index in [0.29, 0.717) is 0 Å². The summed E-state index contributed by atoms with van der Waals surface area (Å²) in [6, 6.07) is 6.08. The average molecular weight is 297 g/mol. The molecule has 0 saturated carbocycles. The molecule has 0 aliphatic carbocycles. The number of benzene rings is 1. The Bertz CT molecular complexity index is 546. The van der Waals surface area contributed by atoms with Gasteiger partial charge in [-0.15, -0.1) is 0 Å². The van der Waals surface area contributed by atoms with E-state index in [1.807, 2.05) is 19.1 Å². The molecule has 1 aromatic heterocycles. The molecular weight excluding hydrogens is 280 g/mol. The van der Waals surface area contributed by atoms with E-state index in [2.05, 4.69) is 45.4 Å². The van der Waals surface area contributed by atoms with Gasteiger partial charge in [-0.2, -0.15) is 0 Å². The first-order chi connectivity index (χ1) is 7.93. The van der Waals surface area contributed by atoms with Gasteiger partial charge in [-0.25, -0.2) is 4.98 Å². The molecule has 17 heavy (non-hydrogen) atoms. The van der Waals surface area contributed by atoms with E-state index in [4.69, 9.17) is 0 Å². The van der Waals surface area contributed by atoms with Crippen molar-refractivity contribution in [3.05, 3.63) is 28.5 Å². The second kappa shape index (κ2) is 4.42. The van der Waals surface area contributed by atoms with Gasteiger partial charge in [0.2, 0.25) is 0 Å². The zero-order chi connectivity index (χ0) is 12.6. The SMILES string of the molecule is Cc1nc2ccc(Br)cc2n1CC(C)(C)CO. The van der Waals surface area contributed by atoms with Crippen LogP contribution >= 0.6 is 15.9 Å². The number of hydrogen-bond acceptors (Lipinski definition) is 2. The molecule has 0 atom stereocenters. The highest BCUT2D eigenvalue weighted by Gasteiger charge is 2.20. The van der Waals surface area contributed by atoms with Gasteiger partial charge in [0, 0.05) is 23.0 Å². The molecule has 1 heterocycles. The van der Waals surface area contributed by atoms with Crippen LogP contribution in [0.25, 0.3) is 11.0 Å². The fourth-order valence-electron chi connectivity index (χ4n) is 1.89. The lowest BCUT2D eigenvalue weighted by molar-refractivity contribution is 0.141.